The number of benzene rings is 1. The highest BCUT2D eigenvalue weighted by Gasteiger charge is 2.35. The van der Waals surface area contributed by atoms with Crippen molar-refractivity contribution in [3.8, 4) is 0 Å². The van der Waals surface area contributed by atoms with Crippen molar-refractivity contribution in [2.45, 2.75) is 32.0 Å². The Hall–Kier alpha value is -1.56. The maximum absolute atomic E-state index is 12.7. The second-order valence-electron chi connectivity index (χ2n) is 5.27. The number of hydrogen-bond acceptors (Lipinski definition) is 3. The van der Waals surface area contributed by atoms with E-state index in [9.17, 15) is 13.2 Å². The van der Waals surface area contributed by atoms with E-state index in [4.69, 9.17) is 0 Å². The number of hydrogen-bond donors (Lipinski definition) is 0. The minimum Gasteiger partial charge on any atom is -0.341 e. The SMILES string of the molecule is Cc1cccc(C2CCCN2c2ncc(C(F)(F)F)s2)c1. The molecule has 0 N–H and O–H groups in total. The number of aryl methyl sites for hydroxylation is 1. The van der Waals surface area contributed by atoms with E-state index in [1.54, 1.807) is 0 Å². The lowest BCUT2D eigenvalue weighted by Crippen LogP contribution is -2.22. The van der Waals surface area contributed by atoms with Crippen LogP contribution in [0.1, 0.15) is 34.9 Å². The lowest BCUT2D eigenvalue weighted by molar-refractivity contribution is -0.134. The first kappa shape index (κ1) is 14.4. The molecule has 1 aliphatic heterocycles. The summed E-state index contributed by atoms with van der Waals surface area (Å²) in [5, 5.41) is 0.464. The zero-order valence-electron chi connectivity index (χ0n) is 11.5. The number of rotatable bonds is 2. The summed E-state index contributed by atoms with van der Waals surface area (Å²) in [6, 6.07) is 8.27. The third-order valence-corrected chi connectivity index (χ3v) is 4.78. The summed E-state index contributed by atoms with van der Waals surface area (Å²) in [6.45, 7) is 2.78. The molecule has 1 aromatic carbocycles. The number of thiazole rings is 1. The maximum Gasteiger partial charge on any atom is 0.427 e. The minimum absolute atomic E-state index is 0.122. The Labute approximate surface area is 125 Å². The molecule has 1 unspecified atom stereocenters. The van der Waals surface area contributed by atoms with E-state index in [1.807, 2.05) is 30.0 Å². The zero-order valence-corrected chi connectivity index (χ0v) is 12.3. The molecule has 0 saturated carbocycles. The maximum atomic E-state index is 12.7. The largest absolute Gasteiger partial charge is 0.427 e. The van der Waals surface area contributed by atoms with Crippen LogP contribution in [0.3, 0.4) is 0 Å². The molecule has 1 aliphatic rings. The summed E-state index contributed by atoms with van der Waals surface area (Å²) in [5.74, 6) is 0. The standard InChI is InChI=1S/C15H15F3N2S/c1-10-4-2-5-11(8-10)12-6-3-7-20(12)14-19-9-13(21-14)15(16,17)18/h2,4-5,8-9,12H,3,6-7H2,1H3. The van der Waals surface area contributed by atoms with Gasteiger partial charge in [-0.05, 0) is 25.3 Å². The van der Waals surface area contributed by atoms with Gasteiger partial charge in [-0.3, -0.25) is 0 Å². The van der Waals surface area contributed by atoms with Crippen LogP contribution in [0, 0.1) is 6.92 Å². The smallest absolute Gasteiger partial charge is 0.341 e. The van der Waals surface area contributed by atoms with Crippen LogP contribution >= 0.6 is 11.3 Å². The van der Waals surface area contributed by atoms with Gasteiger partial charge in [0.2, 0.25) is 0 Å². The van der Waals surface area contributed by atoms with Gasteiger partial charge in [-0.15, -0.1) is 0 Å². The van der Waals surface area contributed by atoms with Gasteiger partial charge in [0.1, 0.15) is 4.88 Å². The molecule has 1 aromatic heterocycles. The van der Waals surface area contributed by atoms with Crippen molar-refractivity contribution < 1.29 is 13.2 Å². The molecule has 1 atom stereocenters. The van der Waals surface area contributed by atoms with Crippen LogP contribution < -0.4 is 4.90 Å². The number of anilines is 1. The molecule has 0 radical (unpaired) electrons. The van der Waals surface area contributed by atoms with Gasteiger partial charge in [-0.25, -0.2) is 4.98 Å². The molecule has 0 amide bonds. The van der Waals surface area contributed by atoms with E-state index in [1.165, 1.54) is 0 Å². The van der Waals surface area contributed by atoms with E-state index in [0.29, 0.717) is 5.13 Å². The molecule has 112 valence electrons. The van der Waals surface area contributed by atoms with Gasteiger partial charge < -0.3 is 4.90 Å². The highest BCUT2D eigenvalue weighted by atomic mass is 32.1. The van der Waals surface area contributed by atoms with Crippen molar-refractivity contribution in [3.63, 3.8) is 0 Å². The minimum atomic E-state index is -4.31. The van der Waals surface area contributed by atoms with Crippen molar-refractivity contribution in [1.82, 2.24) is 4.98 Å². The monoisotopic (exact) mass is 312 g/mol. The molecule has 0 bridgehead atoms. The van der Waals surface area contributed by atoms with Crippen LogP contribution in [0.5, 0.6) is 0 Å². The number of nitrogens with zero attached hydrogens (tertiary/aromatic N) is 2. The van der Waals surface area contributed by atoms with Gasteiger partial charge in [-0.1, -0.05) is 41.2 Å². The third kappa shape index (κ3) is 2.90. The summed E-state index contributed by atoms with van der Waals surface area (Å²) in [5.41, 5.74) is 2.31. The van der Waals surface area contributed by atoms with Crippen LogP contribution in [-0.2, 0) is 6.18 Å². The highest BCUT2D eigenvalue weighted by molar-refractivity contribution is 7.15. The molecule has 21 heavy (non-hydrogen) atoms. The molecule has 0 spiro atoms. The van der Waals surface area contributed by atoms with Crippen molar-refractivity contribution in [1.29, 1.82) is 0 Å². The lowest BCUT2D eigenvalue weighted by Gasteiger charge is -2.24. The van der Waals surface area contributed by atoms with Crippen molar-refractivity contribution in [2.24, 2.45) is 0 Å². The van der Waals surface area contributed by atoms with Crippen LogP contribution in [0.2, 0.25) is 0 Å². The fourth-order valence-electron chi connectivity index (χ4n) is 2.75. The molecule has 0 aliphatic carbocycles. The molecule has 2 nitrogen and oxygen atoms in total. The summed E-state index contributed by atoms with van der Waals surface area (Å²) in [4.78, 5) is 5.35. The third-order valence-electron chi connectivity index (χ3n) is 3.70. The Bertz CT molecular complexity index is 636. The Morgan fingerprint density at radius 2 is 2.14 bits per heavy atom. The predicted octanol–water partition coefficient (Wildman–Crippen LogP) is 4.81. The van der Waals surface area contributed by atoms with Crippen LogP contribution in [0.4, 0.5) is 18.3 Å². The van der Waals surface area contributed by atoms with Gasteiger partial charge in [0.05, 0.1) is 12.2 Å². The Morgan fingerprint density at radius 1 is 1.33 bits per heavy atom. The normalized spacial score (nSPS) is 19.2. The molecule has 3 rings (SSSR count). The molecule has 1 fully saturated rings. The quantitative estimate of drug-likeness (QED) is 0.791. The zero-order chi connectivity index (χ0) is 15.0. The Kier molecular flexibility index (Phi) is 3.65. The second-order valence-corrected chi connectivity index (χ2v) is 6.28. The summed E-state index contributed by atoms with van der Waals surface area (Å²) in [7, 11) is 0. The van der Waals surface area contributed by atoms with Crippen molar-refractivity contribution >= 4 is 16.5 Å². The van der Waals surface area contributed by atoms with E-state index in [0.717, 1.165) is 48.0 Å². The molecular weight excluding hydrogens is 297 g/mol. The fraction of sp³-hybridized carbons (Fsp3) is 0.400. The van der Waals surface area contributed by atoms with Gasteiger partial charge in [0.15, 0.2) is 5.13 Å². The van der Waals surface area contributed by atoms with E-state index < -0.39 is 11.1 Å². The van der Waals surface area contributed by atoms with Crippen LogP contribution in [0.15, 0.2) is 30.5 Å². The van der Waals surface area contributed by atoms with Crippen LogP contribution in [0.25, 0.3) is 0 Å². The predicted molar refractivity (Wildman–Crippen MR) is 77.6 cm³/mol. The average molecular weight is 312 g/mol. The number of aromatic nitrogens is 1. The summed E-state index contributed by atoms with van der Waals surface area (Å²) in [6.07, 6.45) is -1.45. The summed E-state index contributed by atoms with van der Waals surface area (Å²) >= 11 is 0.730. The first-order chi connectivity index (χ1) is 9.95. The second kappa shape index (κ2) is 5.33. The highest BCUT2D eigenvalue weighted by Crippen LogP contribution is 2.41. The number of halogens is 3. The molecule has 1 saturated heterocycles. The Balaban J connectivity index is 1.89. The average Bonchev–Trinajstić information content (AvgIpc) is 3.07. The first-order valence-corrected chi connectivity index (χ1v) is 7.63. The molecule has 6 heteroatoms. The van der Waals surface area contributed by atoms with Gasteiger partial charge in [0.25, 0.3) is 0 Å². The number of alkyl halides is 3. The summed E-state index contributed by atoms with van der Waals surface area (Å²) < 4.78 is 38.1. The molecule has 2 heterocycles. The molecular formula is C15H15F3N2S. The van der Waals surface area contributed by atoms with Crippen molar-refractivity contribution in [2.75, 3.05) is 11.4 Å². The van der Waals surface area contributed by atoms with E-state index >= 15 is 0 Å². The topological polar surface area (TPSA) is 16.1 Å². The van der Waals surface area contributed by atoms with Gasteiger partial charge in [0, 0.05) is 6.54 Å². The Morgan fingerprint density at radius 3 is 2.81 bits per heavy atom. The fourth-order valence-corrected chi connectivity index (χ4v) is 3.61. The van der Waals surface area contributed by atoms with Crippen LogP contribution in [-0.4, -0.2) is 11.5 Å². The van der Waals surface area contributed by atoms with Gasteiger partial charge >= 0.3 is 6.18 Å². The van der Waals surface area contributed by atoms with Gasteiger partial charge in [-0.2, -0.15) is 13.2 Å². The molecule has 2 aromatic rings. The van der Waals surface area contributed by atoms with E-state index in [-0.39, 0.29) is 6.04 Å². The van der Waals surface area contributed by atoms with E-state index in [2.05, 4.69) is 11.1 Å². The lowest BCUT2D eigenvalue weighted by atomic mass is 10.0. The first-order valence-electron chi connectivity index (χ1n) is 6.81. The van der Waals surface area contributed by atoms with Crippen molar-refractivity contribution in [3.05, 3.63) is 46.5 Å².